The Kier molecular flexibility index (Phi) is 8.20. The van der Waals surface area contributed by atoms with Crippen molar-refractivity contribution in [1.29, 1.82) is 0 Å². The number of ether oxygens (including phenoxy) is 1. The molecule has 0 unspecified atom stereocenters. The first-order valence-electron chi connectivity index (χ1n) is 5.91. The highest BCUT2D eigenvalue weighted by atomic mass is 16.5. The maximum atomic E-state index is 5.64. The molecule has 2 heteroatoms. The maximum Gasteiger partial charge on any atom is 0.0598 e. The Bertz CT molecular complexity index is 118. The van der Waals surface area contributed by atoms with Gasteiger partial charge in [0, 0.05) is 6.61 Å². The molecule has 0 atom stereocenters. The first kappa shape index (κ1) is 13.9. The van der Waals surface area contributed by atoms with Crippen LogP contribution in [0.15, 0.2) is 0 Å². The molecule has 0 aliphatic carbocycles. The van der Waals surface area contributed by atoms with Gasteiger partial charge in [-0.1, -0.05) is 6.92 Å². The molecular formula is C12H27NO. The Balaban J connectivity index is 2.99. The van der Waals surface area contributed by atoms with Gasteiger partial charge >= 0.3 is 0 Å². The van der Waals surface area contributed by atoms with Crippen molar-refractivity contribution in [1.82, 2.24) is 5.32 Å². The number of rotatable bonds is 8. The second-order valence-corrected chi connectivity index (χ2v) is 4.77. The van der Waals surface area contributed by atoms with Gasteiger partial charge in [0.15, 0.2) is 0 Å². The van der Waals surface area contributed by atoms with Gasteiger partial charge in [-0.05, 0) is 59.5 Å². The predicted octanol–water partition coefficient (Wildman–Crippen LogP) is 2.97. The third-order valence-corrected chi connectivity index (χ3v) is 1.96. The third kappa shape index (κ3) is 11.9. The Labute approximate surface area is 89.4 Å². The smallest absolute Gasteiger partial charge is 0.0598 e. The van der Waals surface area contributed by atoms with Crippen LogP contribution in [0.5, 0.6) is 0 Å². The summed E-state index contributed by atoms with van der Waals surface area (Å²) >= 11 is 0. The van der Waals surface area contributed by atoms with Crippen molar-refractivity contribution >= 4 is 0 Å². The van der Waals surface area contributed by atoms with E-state index in [-0.39, 0.29) is 5.60 Å². The van der Waals surface area contributed by atoms with Gasteiger partial charge in [-0.25, -0.2) is 0 Å². The zero-order valence-corrected chi connectivity index (χ0v) is 10.4. The van der Waals surface area contributed by atoms with Gasteiger partial charge in [0.2, 0.25) is 0 Å². The number of unbranched alkanes of at least 4 members (excludes halogenated alkanes) is 2. The van der Waals surface area contributed by atoms with Crippen LogP contribution in [-0.2, 0) is 4.74 Å². The molecule has 0 aliphatic rings. The molecule has 14 heavy (non-hydrogen) atoms. The minimum Gasteiger partial charge on any atom is -0.376 e. The Morgan fingerprint density at radius 2 is 1.71 bits per heavy atom. The van der Waals surface area contributed by atoms with E-state index in [1.807, 2.05) is 0 Å². The van der Waals surface area contributed by atoms with E-state index in [4.69, 9.17) is 4.74 Å². The lowest BCUT2D eigenvalue weighted by Crippen LogP contribution is -2.20. The highest BCUT2D eigenvalue weighted by Crippen LogP contribution is 2.07. The van der Waals surface area contributed by atoms with Crippen molar-refractivity contribution in [2.45, 2.75) is 59.0 Å². The zero-order chi connectivity index (χ0) is 10.9. The fourth-order valence-corrected chi connectivity index (χ4v) is 1.21. The van der Waals surface area contributed by atoms with E-state index in [9.17, 15) is 0 Å². The summed E-state index contributed by atoms with van der Waals surface area (Å²) in [4.78, 5) is 0. The summed E-state index contributed by atoms with van der Waals surface area (Å²) in [5.74, 6) is 0. The molecule has 0 rings (SSSR count). The largest absolute Gasteiger partial charge is 0.376 e. The molecule has 0 saturated heterocycles. The lowest BCUT2D eigenvalue weighted by Gasteiger charge is -2.19. The van der Waals surface area contributed by atoms with Crippen LogP contribution in [-0.4, -0.2) is 25.3 Å². The molecule has 0 bridgehead atoms. The third-order valence-electron chi connectivity index (χ3n) is 1.96. The van der Waals surface area contributed by atoms with Crippen LogP contribution in [0.4, 0.5) is 0 Å². The van der Waals surface area contributed by atoms with Crippen molar-refractivity contribution < 1.29 is 4.74 Å². The standard InChI is InChI=1S/C12H27NO/c1-5-9-13-10-7-6-8-11-14-12(2,3)4/h13H,5-11H2,1-4H3. The molecule has 0 heterocycles. The molecule has 0 fully saturated rings. The number of hydrogen-bond donors (Lipinski definition) is 1. The molecule has 0 amide bonds. The average molecular weight is 201 g/mol. The van der Waals surface area contributed by atoms with E-state index >= 15 is 0 Å². The molecule has 0 aromatic heterocycles. The van der Waals surface area contributed by atoms with Crippen LogP contribution in [0.1, 0.15) is 53.4 Å². The Hall–Kier alpha value is -0.0800. The average Bonchev–Trinajstić information content (AvgIpc) is 2.08. The van der Waals surface area contributed by atoms with E-state index in [2.05, 4.69) is 33.0 Å². The second-order valence-electron chi connectivity index (χ2n) is 4.77. The normalized spacial score (nSPS) is 12.0. The molecule has 0 aliphatic heterocycles. The summed E-state index contributed by atoms with van der Waals surface area (Å²) in [6.07, 6.45) is 4.96. The van der Waals surface area contributed by atoms with E-state index in [0.717, 1.165) is 19.7 Å². The van der Waals surface area contributed by atoms with E-state index in [1.54, 1.807) is 0 Å². The molecule has 86 valence electrons. The molecule has 1 N–H and O–H groups in total. The Morgan fingerprint density at radius 3 is 2.29 bits per heavy atom. The van der Waals surface area contributed by atoms with Crippen LogP contribution >= 0.6 is 0 Å². The predicted molar refractivity (Wildman–Crippen MR) is 62.7 cm³/mol. The topological polar surface area (TPSA) is 21.3 Å². The lowest BCUT2D eigenvalue weighted by atomic mass is 10.2. The summed E-state index contributed by atoms with van der Waals surface area (Å²) in [6.45, 7) is 11.7. The van der Waals surface area contributed by atoms with Crippen LogP contribution < -0.4 is 5.32 Å². The van der Waals surface area contributed by atoms with Crippen molar-refractivity contribution in [2.24, 2.45) is 0 Å². The van der Waals surface area contributed by atoms with E-state index in [0.29, 0.717) is 0 Å². The summed E-state index contributed by atoms with van der Waals surface area (Å²) in [6, 6.07) is 0. The van der Waals surface area contributed by atoms with Crippen LogP contribution in [0.25, 0.3) is 0 Å². The van der Waals surface area contributed by atoms with Crippen molar-refractivity contribution in [2.75, 3.05) is 19.7 Å². The van der Waals surface area contributed by atoms with Gasteiger partial charge in [-0.2, -0.15) is 0 Å². The highest BCUT2D eigenvalue weighted by Gasteiger charge is 2.08. The molecular weight excluding hydrogens is 174 g/mol. The summed E-state index contributed by atoms with van der Waals surface area (Å²) in [7, 11) is 0. The lowest BCUT2D eigenvalue weighted by molar-refractivity contribution is -0.00468. The Morgan fingerprint density at radius 1 is 1.00 bits per heavy atom. The minimum atomic E-state index is 0.0282. The van der Waals surface area contributed by atoms with Gasteiger partial charge in [-0.3, -0.25) is 0 Å². The molecule has 0 aromatic carbocycles. The number of nitrogens with one attached hydrogen (secondary N) is 1. The molecule has 2 nitrogen and oxygen atoms in total. The zero-order valence-electron chi connectivity index (χ0n) is 10.4. The summed E-state index contributed by atoms with van der Waals surface area (Å²) < 4.78 is 5.64. The molecule has 0 aromatic rings. The minimum absolute atomic E-state index is 0.0282. The first-order chi connectivity index (χ1) is 6.56. The molecule has 0 radical (unpaired) electrons. The quantitative estimate of drug-likeness (QED) is 0.610. The molecule has 0 saturated carbocycles. The summed E-state index contributed by atoms with van der Waals surface area (Å²) in [5.41, 5.74) is 0.0282. The van der Waals surface area contributed by atoms with Crippen LogP contribution in [0.3, 0.4) is 0 Å². The summed E-state index contributed by atoms with van der Waals surface area (Å²) in [5, 5.41) is 3.40. The highest BCUT2D eigenvalue weighted by molar-refractivity contribution is 4.58. The van der Waals surface area contributed by atoms with Gasteiger partial charge in [0.1, 0.15) is 0 Å². The van der Waals surface area contributed by atoms with Gasteiger partial charge < -0.3 is 10.1 Å². The monoisotopic (exact) mass is 201 g/mol. The number of hydrogen-bond acceptors (Lipinski definition) is 2. The SMILES string of the molecule is CCCNCCCCCOC(C)(C)C. The van der Waals surface area contributed by atoms with Gasteiger partial charge in [0.25, 0.3) is 0 Å². The maximum absolute atomic E-state index is 5.64. The van der Waals surface area contributed by atoms with Crippen molar-refractivity contribution in [3.63, 3.8) is 0 Å². The van der Waals surface area contributed by atoms with Crippen LogP contribution in [0.2, 0.25) is 0 Å². The first-order valence-corrected chi connectivity index (χ1v) is 5.91. The second kappa shape index (κ2) is 8.25. The molecule has 0 spiro atoms. The fraction of sp³-hybridized carbons (Fsp3) is 1.00. The van der Waals surface area contributed by atoms with E-state index < -0.39 is 0 Å². The van der Waals surface area contributed by atoms with Gasteiger partial charge in [-0.15, -0.1) is 0 Å². The van der Waals surface area contributed by atoms with Crippen molar-refractivity contribution in [3.8, 4) is 0 Å². The van der Waals surface area contributed by atoms with Gasteiger partial charge in [0.05, 0.1) is 5.60 Å². The fourth-order valence-electron chi connectivity index (χ4n) is 1.21. The van der Waals surface area contributed by atoms with Crippen LogP contribution in [0, 0.1) is 0 Å². The van der Waals surface area contributed by atoms with Crippen molar-refractivity contribution in [3.05, 3.63) is 0 Å². The van der Waals surface area contributed by atoms with E-state index in [1.165, 1.54) is 25.7 Å².